The highest BCUT2D eigenvalue weighted by Crippen LogP contribution is 2.27. The molecule has 0 radical (unpaired) electrons. The molecule has 0 spiro atoms. The van der Waals surface area contributed by atoms with Gasteiger partial charge in [-0.25, -0.2) is 0 Å². The maximum atomic E-state index is 10.8. The standard InChI is InChI=1S/C15H27NO2/c17-15(18)11-14-7-4-9-16(12-14)10-8-13-5-2-1-3-6-13/h13-14H,1-12H2,(H,17,18). The highest BCUT2D eigenvalue weighted by atomic mass is 16.4. The molecule has 3 heteroatoms. The zero-order valence-corrected chi connectivity index (χ0v) is 11.4. The molecule has 1 heterocycles. The van der Waals surface area contributed by atoms with Crippen molar-refractivity contribution in [2.75, 3.05) is 19.6 Å². The van der Waals surface area contributed by atoms with Crippen molar-refractivity contribution in [2.24, 2.45) is 11.8 Å². The minimum absolute atomic E-state index is 0.361. The Balaban J connectivity index is 1.67. The van der Waals surface area contributed by atoms with E-state index in [1.165, 1.54) is 58.0 Å². The Morgan fingerprint density at radius 2 is 1.78 bits per heavy atom. The van der Waals surface area contributed by atoms with Crippen LogP contribution >= 0.6 is 0 Å². The van der Waals surface area contributed by atoms with Crippen LogP contribution in [0, 0.1) is 11.8 Å². The molecule has 2 fully saturated rings. The van der Waals surface area contributed by atoms with Crippen molar-refractivity contribution in [3.05, 3.63) is 0 Å². The van der Waals surface area contributed by atoms with Crippen LogP contribution in [0.2, 0.25) is 0 Å². The molecule has 0 aromatic carbocycles. The third-order valence-electron chi connectivity index (χ3n) is 4.64. The number of carboxylic acid groups (broad SMARTS) is 1. The number of piperidine rings is 1. The van der Waals surface area contributed by atoms with E-state index in [1.807, 2.05) is 0 Å². The van der Waals surface area contributed by atoms with Crippen LogP contribution in [0.4, 0.5) is 0 Å². The van der Waals surface area contributed by atoms with E-state index in [4.69, 9.17) is 5.11 Å². The van der Waals surface area contributed by atoms with Crippen molar-refractivity contribution >= 4 is 5.97 Å². The third kappa shape index (κ3) is 4.60. The summed E-state index contributed by atoms with van der Waals surface area (Å²) >= 11 is 0. The summed E-state index contributed by atoms with van der Waals surface area (Å²) in [6, 6.07) is 0. The first-order valence-corrected chi connectivity index (χ1v) is 7.68. The first kappa shape index (κ1) is 13.9. The lowest BCUT2D eigenvalue weighted by Gasteiger charge is -2.33. The van der Waals surface area contributed by atoms with Gasteiger partial charge in [-0.15, -0.1) is 0 Å². The summed E-state index contributed by atoms with van der Waals surface area (Å²) in [5.74, 6) is 0.704. The fraction of sp³-hybridized carbons (Fsp3) is 0.933. The lowest BCUT2D eigenvalue weighted by atomic mass is 9.86. The molecule has 0 bridgehead atoms. The zero-order chi connectivity index (χ0) is 12.8. The molecular weight excluding hydrogens is 226 g/mol. The van der Waals surface area contributed by atoms with Gasteiger partial charge in [-0.2, -0.15) is 0 Å². The molecule has 1 aliphatic carbocycles. The SMILES string of the molecule is O=C(O)CC1CCCN(CCC2CCCCC2)C1. The molecular formula is C15H27NO2. The van der Waals surface area contributed by atoms with Gasteiger partial charge in [0.05, 0.1) is 0 Å². The van der Waals surface area contributed by atoms with Gasteiger partial charge in [0.15, 0.2) is 0 Å². The topological polar surface area (TPSA) is 40.5 Å². The van der Waals surface area contributed by atoms with Crippen LogP contribution in [0.25, 0.3) is 0 Å². The average molecular weight is 253 g/mol. The van der Waals surface area contributed by atoms with E-state index in [1.54, 1.807) is 0 Å². The third-order valence-corrected chi connectivity index (χ3v) is 4.64. The van der Waals surface area contributed by atoms with Crippen LogP contribution in [0.5, 0.6) is 0 Å². The number of carbonyl (C=O) groups is 1. The van der Waals surface area contributed by atoms with Crippen LogP contribution in [0.1, 0.15) is 57.8 Å². The summed E-state index contributed by atoms with van der Waals surface area (Å²) in [6.45, 7) is 3.39. The molecule has 1 N–H and O–H groups in total. The summed E-state index contributed by atoms with van der Waals surface area (Å²) < 4.78 is 0. The molecule has 18 heavy (non-hydrogen) atoms. The maximum absolute atomic E-state index is 10.8. The van der Waals surface area contributed by atoms with Crippen molar-refractivity contribution in [1.82, 2.24) is 4.90 Å². The van der Waals surface area contributed by atoms with E-state index in [0.717, 1.165) is 18.9 Å². The van der Waals surface area contributed by atoms with Crippen LogP contribution in [-0.2, 0) is 4.79 Å². The fourth-order valence-electron chi connectivity index (χ4n) is 3.61. The van der Waals surface area contributed by atoms with Gasteiger partial charge in [-0.1, -0.05) is 32.1 Å². The largest absolute Gasteiger partial charge is 0.481 e. The second kappa shape index (κ2) is 7.13. The summed E-state index contributed by atoms with van der Waals surface area (Å²) in [5, 5.41) is 8.87. The first-order chi connectivity index (χ1) is 8.74. The molecule has 0 aromatic heterocycles. The Morgan fingerprint density at radius 1 is 1.06 bits per heavy atom. The minimum atomic E-state index is -0.630. The highest BCUT2D eigenvalue weighted by Gasteiger charge is 2.22. The van der Waals surface area contributed by atoms with E-state index in [0.29, 0.717) is 12.3 Å². The van der Waals surface area contributed by atoms with E-state index in [9.17, 15) is 4.79 Å². The highest BCUT2D eigenvalue weighted by molar-refractivity contribution is 5.67. The molecule has 1 aliphatic heterocycles. The van der Waals surface area contributed by atoms with Gasteiger partial charge in [0.25, 0.3) is 0 Å². The lowest BCUT2D eigenvalue weighted by molar-refractivity contribution is -0.138. The molecule has 104 valence electrons. The van der Waals surface area contributed by atoms with Crippen molar-refractivity contribution in [3.63, 3.8) is 0 Å². The Kier molecular flexibility index (Phi) is 5.48. The Bertz CT molecular complexity index is 261. The van der Waals surface area contributed by atoms with E-state index in [-0.39, 0.29) is 0 Å². The van der Waals surface area contributed by atoms with Crippen LogP contribution in [0.3, 0.4) is 0 Å². The van der Waals surface area contributed by atoms with Gasteiger partial charge >= 0.3 is 5.97 Å². The van der Waals surface area contributed by atoms with Gasteiger partial charge in [-0.05, 0) is 44.2 Å². The summed E-state index contributed by atoms with van der Waals surface area (Å²) in [5.41, 5.74) is 0. The number of hydrogen-bond donors (Lipinski definition) is 1. The summed E-state index contributed by atoms with van der Waals surface area (Å²) in [4.78, 5) is 13.3. The average Bonchev–Trinajstić information content (AvgIpc) is 2.37. The van der Waals surface area contributed by atoms with E-state index in [2.05, 4.69) is 4.90 Å². The number of carboxylic acids is 1. The molecule has 1 saturated heterocycles. The number of rotatable bonds is 5. The predicted molar refractivity (Wildman–Crippen MR) is 72.6 cm³/mol. The first-order valence-electron chi connectivity index (χ1n) is 7.68. The van der Waals surface area contributed by atoms with E-state index >= 15 is 0 Å². The minimum Gasteiger partial charge on any atom is -0.481 e. The van der Waals surface area contributed by atoms with Crippen molar-refractivity contribution in [3.8, 4) is 0 Å². The second-order valence-electron chi connectivity index (χ2n) is 6.20. The van der Waals surface area contributed by atoms with Crippen molar-refractivity contribution < 1.29 is 9.90 Å². The molecule has 2 rings (SSSR count). The zero-order valence-electron chi connectivity index (χ0n) is 11.4. The van der Waals surface area contributed by atoms with Gasteiger partial charge in [0.2, 0.25) is 0 Å². The summed E-state index contributed by atoms with van der Waals surface area (Å²) in [6.07, 6.45) is 11.1. The summed E-state index contributed by atoms with van der Waals surface area (Å²) in [7, 11) is 0. The monoisotopic (exact) mass is 253 g/mol. The maximum Gasteiger partial charge on any atom is 0.303 e. The van der Waals surface area contributed by atoms with Crippen molar-refractivity contribution in [1.29, 1.82) is 0 Å². The fourth-order valence-corrected chi connectivity index (χ4v) is 3.61. The smallest absolute Gasteiger partial charge is 0.303 e. The lowest BCUT2D eigenvalue weighted by Crippen LogP contribution is -2.37. The van der Waals surface area contributed by atoms with Gasteiger partial charge in [0.1, 0.15) is 0 Å². The van der Waals surface area contributed by atoms with Gasteiger partial charge in [0, 0.05) is 13.0 Å². The second-order valence-corrected chi connectivity index (χ2v) is 6.20. The van der Waals surface area contributed by atoms with Crippen LogP contribution in [0.15, 0.2) is 0 Å². The number of nitrogens with zero attached hydrogens (tertiary/aromatic N) is 1. The Labute approximate surface area is 111 Å². The molecule has 0 amide bonds. The molecule has 0 aromatic rings. The number of hydrogen-bond acceptors (Lipinski definition) is 2. The number of aliphatic carboxylic acids is 1. The van der Waals surface area contributed by atoms with Gasteiger partial charge < -0.3 is 10.0 Å². The predicted octanol–water partition coefficient (Wildman–Crippen LogP) is 3.14. The Morgan fingerprint density at radius 3 is 2.50 bits per heavy atom. The van der Waals surface area contributed by atoms with Crippen LogP contribution < -0.4 is 0 Å². The molecule has 3 nitrogen and oxygen atoms in total. The molecule has 1 atom stereocenters. The quantitative estimate of drug-likeness (QED) is 0.818. The molecule has 2 aliphatic rings. The molecule has 1 saturated carbocycles. The Hall–Kier alpha value is -0.570. The van der Waals surface area contributed by atoms with Crippen LogP contribution in [-0.4, -0.2) is 35.6 Å². The normalized spacial score (nSPS) is 27.2. The molecule has 1 unspecified atom stereocenters. The van der Waals surface area contributed by atoms with Gasteiger partial charge in [-0.3, -0.25) is 4.79 Å². The number of likely N-dealkylation sites (tertiary alicyclic amines) is 1. The van der Waals surface area contributed by atoms with Crippen molar-refractivity contribution in [2.45, 2.75) is 57.8 Å². The van der Waals surface area contributed by atoms with E-state index < -0.39 is 5.97 Å².